The molecule has 0 amide bonds. The van der Waals surface area contributed by atoms with E-state index in [0.29, 0.717) is 0 Å². The Morgan fingerprint density at radius 3 is 1.03 bits per heavy atom. The smallest absolute Gasteiger partial charge is 0.160 e. The van der Waals surface area contributed by atoms with Gasteiger partial charge in [-0.3, -0.25) is 0 Å². The van der Waals surface area contributed by atoms with E-state index in [0.717, 1.165) is 67.8 Å². The number of fused-ring (bicyclic) bond motifs is 6. The van der Waals surface area contributed by atoms with Crippen LogP contribution in [0.3, 0.4) is 0 Å². The van der Waals surface area contributed by atoms with Crippen molar-refractivity contribution in [1.29, 1.82) is 0 Å². The fourth-order valence-electron chi connectivity index (χ4n) is 13.2. The van der Waals surface area contributed by atoms with Gasteiger partial charge >= 0.3 is 0 Å². The zero-order chi connectivity index (χ0) is 49.5. The van der Waals surface area contributed by atoms with E-state index in [1.54, 1.807) is 0 Å². The molecule has 2 heterocycles. The van der Waals surface area contributed by atoms with Crippen LogP contribution >= 0.6 is 0 Å². The quantitative estimate of drug-likeness (QED) is 0.167. The van der Waals surface area contributed by atoms with Gasteiger partial charge in [0.15, 0.2) is 11.6 Å². The lowest BCUT2D eigenvalue weighted by Gasteiger charge is -2.42. The topological polar surface area (TPSA) is 51.6 Å². The third-order valence-corrected chi connectivity index (χ3v) is 16.9. The Morgan fingerprint density at radius 2 is 0.595 bits per heavy atom. The summed E-state index contributed by atoms with van der Waals surface area (Å²) in [7, 11) is 0. The van der Waals surface area contributed by atoms with E-state index in [9.17, 15) is 0 Å². The van der Waals surface area contributed by atoms with E-state index >= 15 is 0 Å². The van der Waals surface area contributed by atoms with Crippen molar-refractivity contribution in [2.45, 2.75) is 50.4 Å². The van der Waals surface area contributed by atoms with E-state index in [-0.39, 0.29) is 22.7 Å². The fourth-order valence-corrected chi connectivity index (χ4v) is 13.2. The van der Waals surface area contributed by atoms with Crippen LogP contribution in [0.1, 0.15) is 95.2 Å². The van der Waals surface area contributed by atoms with Gasteiger partial charge in [-0.2, -0.15) is 0 Å². The molecule has 11 aromatic rings. The molecule has 16 rings (SSSR count). The Balaban J connectivity index is 0.841. The van der Waals surface area contributed by atoms with E-state index in [1.807, 2.05) is 0 Å². The zero-order valence-corrected chi connectivity index (χ0v) is 41.7. The number of hydrogen-bond acceptors (Lipinski definition) is 4. The maximum atomic E-state index is 5.43. The van der Waals surface area contributed by atoms with Crippen LogP contribution in [-0.4, -0.2) is 19.9 Å². The Kier molecular flexibility index (Phi) is 9.15. The summed E-state index contributed by atoms with van der Waals surface area (Å²) in [6, 6.07) is 79.7. The maximum absolute atomic E-state index is 5.43. The molecule has 0 saturated heterocycles. The summed E-state index contributed by atoms with van der Waals surface area (Å²) in [6.45, 7) is 9.35. The highest BCUT2D eigenvalue weighted by atomic mass is 14.9. The standard InChI is InChI=1S/C70H50N4/c1-69(2)57-25-15-13-21-47(57)49-31-27-43(37-59(49)69)63-39-61(41-17-7-5-8-18-41)71-67(73-63)45-29-33-53-55(35-45)65-51-23-11-12-24-52(51)66(53)56-36-46(30-34-54(56)65)68-72-62(42-19-9-6-10-20-42)40-64(74-68)44-28-32-50-48-22-14-16-26-58(48)70(3,4)60(50)38-44/h5-40,65-66H,1-4H3/t65-,66?/m1/s1. The number of hydrogen-bond donors (Lipinski definition) is 0. The van der Waals surface area contributed by atoms with Crippen LogP contribution in [-0.2, 0) is 10.8 Å². The molecular formula is C70H50N4. The lowest BCUT2D eigenvalue weighted by Crippen LogP contribution is -2.27. The highest BCUT2D eigenvalue weighted by Gasteiger charge is 2.42. The van der Waals surface area contributed by atoms with Crippen molar-refractivity contribution >= 4 is 0 Å². The number of benzene rings is 9. The minimum Gasteiger partial charge on any atom is -0.228 e. The van der Waals surface area contributed by atoms with Crippen LogP contribution < -0.4 is 0 Å². The van der Waals surface area contributed by atoms with Crippen molar-refractivity contribution in [2.75, 3.05) is 0 Å². The number of nitrogens with zero attached hydrogens (tertiary/aromatic N) is 4. The summed E-state index contributed by atoms with van der Waals surface area (Å²) in [5.41, 5.74) is 28.3. The van der Waals surface area contributed by atoms with Gasteiger partial charge in [-0.25, -0.2) is 19.9 Å². The van der Waals surface area contributed by atoms with Crippen molar-refractivity contribution in [2.24, 2.45) is 0 Å². The van der Waals surface area contributed by atoms with Gasteiger partial charge in [0.05, 0.1) is 22.8 Å². The van der Waals surface area contributed by atoms with Crippen LogP contribution in [0.5, 0.6) is 0 Å². The van der Waals surface area contributed by atoms with Crippen molar-refractivity contribution < 1.29 is 0 Å². The van der Waals surface area contributed by atoms with Gasteiger partial charge in [0.1, 0.15) is 0 Å². The molecule has 0 N–H and O–H groups in total. The first-order valence-corrected chi connectivity index (χ1v) is 25.9. The largest absolute Gasteiger partial charge is 0.228 e. The molecule has 2 aromatic heterocycles. The molecule has 2 atom stereocenters. The monoisotopic (exact) mass is 946 g/mol. The molecule has 1 unspecified atom stereocenters. The molecule has 2 bridgehead atoms. The highest BCUT2D eigenvalue weighted by molar-refractivity contribution is 5.86. The van der Waals surface area contributed by atoms with E-state index in [1.165, 1.54) is 77.9 Å². The molecule has 0 aliphatic heterocycles. The molecule has 5 aliphatic rings. The first-order valence-electron chi connectivity index (χ1n) is 25.9. The second-order valence-corrected chi connectivity index (χ2v) is 21.7. The van der Waals surface area contributed by atoms with Crippen LogP contribution in [0.25, 0.3) is 90.1 Å². The van der Waals surface area contributed by atoms with Crippen LogP contribution in [0.4, 0.5) is 0 Å². The van der Waals surface area contributed by atoms with Crippen molar-refractivity contribution in [3.05, 3.63) is 274 Å². The van der Waals surface area contributed by atoms with Gasteiger partial charge in [-0.05, 0) is 114 Å². The lowest BCUT2D eigenvalue weighted by atomic mass is 9.61. The summed E-state index contributed by atoms with van der Waals surface area (Å²) in [4.78, 5) is 21.6. The molecule has 4 nitrogen and oxygen atoms in total. The summed E-state index contributed by atoms with van der Waals surface area (Å²) < 4.78 is 0. The second-order valence-electron chi connectivity index (χ2n) is 21.7. The fraction of sp³-hybridized carbons (Fsp3) is 0.114. The third kappa shape index (κ3) is 6.34. The number of rotatable bonds is 6. The average Bonchev–Trinajstić information content (AvgIpc) is 3.90. The molecule has 9 aromatic carbocycles. The summed E-state index contributed by atoms with van der Waals surface area (Å²) in [5.74, 6) is 1.53. The van der Waals surface area contributed by atoms with E-state index in [2.05, 4.69) is 246 Å². The summed E-state index contributed by atoms with van der Waals surface area (Å²) in [6.07, 6.45) is 0. The maximum Gasteiger partial charge on any atom is 0.160 e. The SMILES string of the molecule is CC1(C)c2ccccc2-c2ccc(-c3cc(-c4ccccc4)nc(-c4ccc5c(c4)C4c6ccccc6[C@H]5c5cc(-c6nc(-c7ccccc7)cc(-c7ccc8c(c7)C(C)(C)c7ccccc7-8)n6)ccc54)n3)cc21. The molecular weight excluding hydrogens is 897 g/mol. The second kappa shape index (κ2) is 15.8. The Bertz CT molecular complexity index is 3880. The molecule has 0 saturated carbocycles. The average molecular weight is 947 g/mol. The molecule has 0 radical (unpaired) electrons. The van der Waals surface area contributed by atoms with Crippen molar-refractivity contribution in [1.82, 2.24) is 19.9 Å². The molecule has 5 aliphatic carbocycles. The predicted octanol–water partition coefficient (Wildman–Crippen LogP) is 16.9. The first kappa shape index (κ1) is 42.8. The third-order valence-electron chi connectivity index (χ3n) is 16.9. The molecule has 0 spiro atoms. The Labute approximate surface area is 432 Å². The van der Waals surface area contributed by atoms with Gasteiger partial charge < -0.3 is 0 Å². The summed E-state index contributed by atoms with van der Waals surface area (Å²) >= 11 is 0. The zero-order valence-electron chi connectivity index (χ0n) is 41.7. The lowest BCUT2D eigenvalue weighted by molar-refractivity contribution is 0.660. The first-order chi connectivity index (χ1) is 36.2. The van der Waals surface area contributed by atoms with Crippen LogP contribution in [0, 0.1) is 0 Å². The van der Waals surface area contributed by atoms with Gasteiger partial charge in [-0.1, -0.05) is 210 Å². The van der Waals surface area contributed by atoms with E-state index in [4.69, 9.17) is 19.9 Å². The molecule has 0 fully saturated rings. The Hall–Kier alpha value is -8.86. The highest BCUT2D eigenvalue weighted by Crippen LogP contribution is 2.57. The normalized spacial score (nSPS) is 16.3. The van der Waals surface area contributed by atoms with Gasteiger partial charge in [0.25, 0.3) is 0 Å². The molecule has 350 valence electrons. The number of aromatic nitrogens is 4. The summed E-state index contributed by atoms with van der Waals surface area (Å²) in [5, 5.41) is 0. The van der Waals surface area contributed by atoms with Crippen LogP contribution in [0.2, 0.25) is 0 Å². The van der Waals surface area contributed by atoms with Gasteiger partial charge in [0, 0.05) is 56.0 Å². The minimum atomic E-state index is -0.124. The molecule has 4 heteroatoms. The van der Waals surface area contributed by atoms with Gasteiger partial charge in [0.2, 0.25) is 0 Å². The van der Waals surface area contributed by atoms with Gasteiger partial charge in [-0.15, -0.1) is 0 Å². The van der Waals surface area contributed by atoms with Crippen LogP contribution in [0.15, 0.2) is 218 Å². The van der Waals surface area contributed by atoms with Crippen molar-refractivity contribution in [3.63, 3.8) is 0 Å². The van der Waals surface area contributed by atoms with E-state index < -0.39 is 0 Å². The minimum absolute atomic E-state index is 0.0403. The molecule has 74 heavy (non-hydrogen) atoms. The predicted molar refractivity (Wildman–Crippen MR) is 300 cm³/mol. The van der Waals surface area contributed by atoms with Crippen molar-refractivity contribution in [3.8, 4) is 90.1 Å². The Morgan fingerprint density at radius 1 is 0.257 bits per heavy atom.